The summed E-state index contributed by atoms with van der Waals surface area (Å²) in [7, 11) is 0. The second-order valence-corrected chi connectivity index (χ2v) is 6.14. The first-order valence-electron chi connectivity index (χ1n) is 8.38. The molecule has 2 aromatic carbocycles. The standard InChI is InChI=1S/C20H23N3O3/c1-13-8-9-17(15(3)12-13)20(26)23-22-18(24)10-11-21-19(25)16-7-5-4-6-14(16)2/h4-9,12H,10-11H2,1-3H3,(H,21,25)(H,22,24)(H,23,26). The minimum atomic E-state index is -0.381. The summed E-state index contributed by atoms with van der Waals surface area (Å²) >= 11 is 0. The summed E-state index contributed by atoms with van der Waals surface area (Å²) < 4.78 is 0. The van der Waals surface area contributed by atoms with Crippen LogP contribution in [0.15, 0.2) is 42.5 Å². The van der Waals surface area contributed by atoms with Gasteiger partial charge in [0.2, 0.25) is 5.91 Å². The van der Waals surface area contributed by atoms with Gasteiger partial charge >= 0.3 is 0 Å². The molecule has 2 rings (SSSR count). The molecule has 0 heterocycles. The zero-order valence-electron chi connectivity index (χ0n) is 15.2. The molecule has 0 spiro atoms. The van der Waals surface area contributed by atoms with E-state index in [4.69, 9.17) is 0 Å². The second kappa shape index (κ2) is 8.80. The first-order chi connectivity index (χ1) is 12.4. The number of hydrazine groups is 1. The number of benzene rings is 2. The maximum absolute atomic E-state index is 12.1. The third-order valence-corrected chi connectivity index (χ3v) is 3.97. The monoisotopic (exact) mass is 353 g/mol. The average molecular weight is 353 g/mol. The fraction of sp³-hybridized carbons (Fsp3) is 0.250. The summed E-state index contributed by atoms with van der Waals surface area (Å²) in [5, 5.41) is 2.69. The number of hydrogen-bond acceptors (Lipinski definition) is 3. The highest BCUT2D eigenvalue weighted by Crippen LogP contribution is 2.10. The van der Waals surface area contributed by atoms with Crippen molar-refractivity contribution in [1.82, 2.24) is 16.2 Å². The van der Waals surface area contributed by atoms with Gasteiger partial charge in [0.05, 0.1) is 0 Å². The van der Waals surface area contributed by atoms with E-state index in [-0.39, 0.29) is 30.7 Å². The van der Waals surface area contributed by atoms with E-state index in [1.807, 2.05) is 45.0 Å². The average Bonchev–Trinajstić information content (AvgIpc) is 2.60. The van der Waals surface area contributed by atoms with Gasteiger partial charge in [-0.05, 0) is 44.0 Å². The fourth-order valence-electron chi connectivity index (χ4n) is 2.54. The van der Waals surface area contributed by atoms with Gasteiger partial charge in [-0.15, -0.1) is 0 Å². The van der Waals surface area contributed by atoms with Crippen LogP contribution in [0.2, 0.25) is 0 Å². The quantitative estimate of drug-likeness (QED) is 0.720. The van der Waals surface area contributed by atoms with Crippen molar-refractivity contribution in [2.45, 2.75) is 27.2 Å². The predicted molar refractivity (Wildman–Crippen MR) is 99.7 cm³/mol. The first kappa shape index (κ1) is 19.2. The van der Waals surface area contributed by atoms with Crippen molar-refractivity contribution in [3.8, 4) is 0 Å². The van der Waals surface area contributed by atoms with Crippen LogP contribution >= 0.6 is 0 Å². The van der Waals surface area contributed by atoms with E-state index >= 15 is 0 Å². The van der Waals surface area contributed by atoms with Crippen molar-refractivity contribution in [3.05, 3.63) is 70.3 Å². The zero-order valence-corrected chi connectivity index (χ0v) is 15.2. The Hall–Kier alpha value is -3.15. The molecule has 0 radical (unpaired) electrons. The Morgan fingerprint density at radius 3 is 2.19 bits per heavy atom. The molecule has 0 bridgehead atoms. The van der Waals surface area contributed by atoms with Crippen LogP contribution in [0.4, 0.5) is 0 Å². The van der Waals surface area contributed by atoms with Crippen molar-refractivity contribution in [2.75, 3.05) is 6.54 Å². The van der Waals surface area contributed by atoms with E-state index in [1.165, 1.54) is 0 Å². The Morgan fingerprint density at radius 2 is 1.50 bits per heavy atom. The van der Waals surface area contributed by atoms with Crippen molar-refractivity contribution >= 4 is 17.7 Å². The van der Waals surface area contributed by atoms with Gasteiger partial charge in [-0.3, -0.25) is 25.2 Å². The highest BCUT2D eigenvalue weighted by Gasteiger charge is 2.11. The molecule has 6 heteroatoms. The topological polar surface area (TPSA) is 87.3 Å². The summed E-state index contributed by atoms with van der Waals surface area (Å²) in [6.07, 6.45) is 0.0603. The predicted octanol–water partition coefficient (Wildman–Crippen LogP) is 2.19. The van der Waals surface area contributed by atoms with Crippen LogP contribution in [-0.4, -0.2) is 24.3 Å². The lowest BCUT2D eigenvalue weighted by atomic mass is 10.1. The van der Waals surface area contributed by atoms with E-state index in [1.54, 1.807) is 18.2 Å². The van der Waals surface area contributed by atoms with Crippen molar-refractivity contribution in [3.63, 3.8) is 0 Å². The Morgan fingerprint density at radius 1 is 0.808 bits per heavy atom. The molecule has 0 aliphatic heterocycles. The van der Waals surface area contributed by atoms with E-state index in [0.717, 1.165) is 16.7 Å². The van der Waals surface area contributed by atoms with Crippen LogP contribution in [0.25, 0.3) is 0 Å². The van der Waals surface area contributed by atoms with Gasteiger partial charge in [-0.25, -0.2) is 0 Å². The Balaban J connectivity index is 1.76. The Kier molecular flexibility index (Phi) is 6.49. The minimum Gasteiger partial charge on any atom is -0.352 e. The number of nitrogens with one attached hydrogen (secondary N) is 3. The van der Waals surface area contributed by atoms with Crippen molar-refractivity contribution in [2.24, 2.45) is 0 Å². The molecule has 0 fully saturated rings. The molecule has 3 N–H and O–H groups in total. The lowest BCUT2D eigenvalue weighted by Gasteiger charge is -2.10. The molecule has 0 atom stereocenters. The summed E-state index contributed by atoms with van der Waals surface area (Å²) in [4.78, 5) is 36.0. The highest BCUT2D eigenvalue weighted by atomic mass is 16.2. The summed E-state index contributed by atoms with van der Waals surface area (Å²) in [5.74, 6) is -0.983. The number of carbonyl (C=O) groups is 3. The van der Waals surface area contributed by atoms with Gasteiger partial charge < -0.3 is 5.32 Å². The number of carbonyl (C=O) groups excluding carboxylic acids is 3. The number of aryl methyl sites for hydroxylation is 3. The van der Waals surface area contributed by atoms with Gasteiger partial charge in [-0.1, -0.05) is 35.9 Å². The molecular formula is C20H23N3O3. The normalized spacial score (nSPS) is 10.1. The molecule has 0 saturated heterocycles. The molecule has 0 saturated carbocycles. The summed E-state index contributed by atoms with van der Waals surface area (Å²) in [6.45, 7) is 5.81. The molecule has 2 aromatic rings. The Labute approximate surface area is 153 Å². The van der Waals surface area contributed by atoms with E-state index in [9.17, 15) is 14.4 Å². The van der Waals surface area contributed by atoms with E-state index in [2.05, 4.69) is 16.2 Å². The van der Waals surface area contributed by atoms with Crippen LogP contribution in [0.1, 0.15) is 43.8 Å². The number of rotatable bonds is 5. The lowest BCUT2D eigenvalue weighted by Crippen LogP contribution is -2.43. The SMILES string of the molecule is Cc1ccc(C(=O)NNC(=O)CCNC(=O)c2ccccc2C)c(C)c1. The molecule has 3 amide bonds. The molecule has 136 valence electrons. The highest BCUT2D eigenvalue weighted by molar-refractivity contribution is 5.97. The van der Waals surface area contributed by atoms with E-state index in [0.29, 0.717) is 11.1 Å². The molecule has 0 aromatic heterocycles. The van der Waals surface area contributed by atoms with Gasteiger partial charge in [0.15, 0.2) is 0 Å². The van der Waals surface area contributed by atoms with Crippen LogP contribution < -0.4 is 16.2 Å². The van der Waals surface area contributed by atoms with Gasteiger partial charge in [-0.2, -0.15) is 0 Å². The Bertz CT molecular complexity index is 831. The first-order valence-corrected chi connectivity index (χ1v) is 8.38. The van der Waals surface area contributed by atoms with Crippen LogP contribution in [0.5, 0.6) is 0 Å². The van der Waals surface area contributed by atoms with Crippen molar-refractivity contribution < 1.29 is 14.4 Å². The molecular weight excluding hydrogens is 330 g/mol. The maximum atomic E-state index is 12.1. The second-order valence-electron chi connectivity index (χ2n) is 6.14. The maximum Gasteiger partial charge on any atom is 0.269 e. The molecule has 0 unspecified atom stereocenters. The fourth-order valence-corrected chi connectivity index (χ4v) is 2.54. The van der Waals surface area contributed by atoms with E-state index < -0.39 is 0 Å². The van der Waals surface area contributed by atoms with Crippen LogP contribution in [0.3, 0.4) is 0 Å². The number of amides is 3. The van der Waals surface area contributed by atoms with Crippen LogP contribution in [-0.2, 0) is 4.79 Å². The third-order valence-electron chi connectivity index (χ3n) is 3.97. The van der Waals surface area contributed by atoms with Gasteiger partial charge in [0.1, 0.15) is 0 Å². The smallest absolute Gasteiger partial charge is 0.269 e. The molecule has 0 aliphatic carbocycles. The summed E-state index contributed by atoms with van der Waals surface area (Å²) in [6, 6.07) is 12.7. The molecule has 6 nitrogen and oxygen atoms in total. The number of hydrogen-bond donors (Lipinski definition) is 3. The third kappa shape index (κ3) is 5.17. The van der Waals surface area contributed by atoms with Crippen LogP contribution in [0, 0.1) is 20.8 Å². The zero-order chi connectivity index (χ0) is 19.1. The van der Waals surface area contributed by atoms with Gasteiger partial charge in [0.25, 0.3) is 11.8 Å². The molecule has 26 heavy (non-hydrogen) atoms. The lowest BCUT2D eigenvalue weighted by molar-refractivity contribution is -0.121. The minimum absolute atomic E-state index is 0.0603. The largest absolute Gasteiger partial charge is 0.352 e. The van der Waals surface area contributed by atoms with Crippen molar-refractivity contribution in [1.29, 1.82) is 0 Å². The summed E-state index contributed by atoms with van der Waals surface area (Å²) in [5.41, 5.74) is 8.60. The molecule has 0 aliphatic rings. The van der Waals surface area contributed by atoms with Gasteiger partial charge in [0, 0.05) is 24.1 Å².